The number of carbonyl (C=O) groups excluding carboxylic acids is 1. The number of amides is 1. The molecule has 0 bridgehead atoms. The highest BCUT2D eigenvalue weighted by molar-refractivity contribution is 7.99. The summed E-state index contributed by atoms with van der Waals surface area (Å²) in [5.74, 6) is 2.76. The summed E-state index contributed by atoms with van der Waals surface area (Å²) >= 11 is 1.60. The van der Waals surface area contributed by atoms with E-state index >= 15 is 0 Å². The SMILES string of the molecule is Cc1ccc(N2CC[C@H](SCc3nc(C4CC4)no3)C2=O)cc1. The monoisotopic (exact) mass is 329 g/mol. The van der Waals surface area contributed by atoms with Gasteiger partial charge in [-0.3, -0.25) is 4.79 Å². The highest BCUT2D eigenvalue weighted by Gasteiger charge is 2.33. The zero-order valence-corrected chi connectivity index (χ0v) is 13.9. The summed E-state index contributed by atoms with van der Waals surface area (Å²) in [6.07, 6.45) is 3.19. The van der Waals surface area contributed by atoms with Crippen molar-refractivity contribution in [1.82, 2.24) is 10.1 Å². The number of nitrogens with zero attached hydrogens (tertiary/aromatic N) is 3. The molecule has 1 aliphatic heterocycles. The molecule has 1 aromatic heterocycles. The van der Waals surface area contributed by atoms with Gasteiger partial charge >= 0.3 is 0 Å². The largest absolute Gasteiger partial charge is 0.338 e. The smallest absolute Gasteiger partial charge is 0.240 e. The highest BCUT2D eigenvalue weighted by Crippen LogP contribution is 2.38. The van der Waals surface area contributed by atoms with Gasteiger partial charge in [0.15, 0.2) is 5.82 Å². The van der Waals surface area contributed by atoms with Crippen LogP contribution >= 0.6 is 11.8 Å². The molecule has 0 unspecified atom stereocenters. The van der Waals surface area contributed by atoms with Crippen LogP contribution in [0.15, 0.2) is 28.8 Å². The van der Waals surface area contributed by atoms with Crippen LogP contribution in [0.2, 0.25) is 0 Å². The van der Waals surface area contributed by atoms with Crippen molar-refractivity contribution in [2.24, 2.45) is 0 Å². The van der Waals surface area contributed by atoms with Crippen molar-refractivity contribution in [1.29, 1.82) is 0 Å². The van der Waals surface area contributed by atoms with Gasteiger partial charge in [-0.1, -0.05) is 22.9 Å². The molecule has 5 nitrogen and oxygen atoms in total. The molecule has 1 saturated heterocycles. The second kappa shape index (κ2) is 6.00. The molecule has 0 radical (unpaired) electrons. The molecule has 0 spiro atoms. The summed E-state index contributed by atoms with van der Waals surface area (Å²) in [4.78, 5) is 18.9. The fourth-order valence-corrected chi connectivity index (χ4v) is 3.80. The van der Waals surface area contributed by atoms with Gasteiger partial charge in [-0.2, -0.15) is 4.98 Å². The molecule has 1 aromatic carbocycles. The van der Waals surface area contributed by atoms with Crippen LogP contribution in [-0.2, 0) is 10.5 Å². The molecule has 4 rings (SSSR count). The van der Waals surface area contributed by atoms with Crippen LogP contribution in [0, 0.1) is 6.92 Å². The lowest BCUT2D eigenvalue weighted by atomic mass is 10.2. The first-order valence-electron chi connectivity index (χ1n) is 8.03. The van der Waals surface area contributed by atoms with Gasteiger partial charge in [-0.15, -0.1) is 11.8 Å². The van der Waals surface area contributed by atoms with Crippen molar-refractivity contribution in [3.63, 3.8) is 0 Å². The van der Waals surface area contributed by atoms with Crippen LogP contribution in [0.1, 0.15) is 42.5 Å². The average molecular weight is 329 g/mol. The third-order valence-electron chi connectivity index (χ3n) is 4.34. The Labute approximate surface area is 139 Å². The number of hydrogen-bond acceptors (Lipinski definition) is 5. The molecule has 6 heteroatoms. The molecule has 1 amide bonds. The number of carbonyl (C=O) groups is 1. The second-order valence-corrected chi connectivity index (χ2v) is 7.43. The molecule has 2 aromatic rings. The summed E-state index contributed by atoms with van der Waals surface area (Å²) in [5, 5.41) is 4.00. The molecule has 1 atom stereocenters. The quantitative estimate of drug-likeness (QED) is 0.842. The van der Waals surface area contributed by atoms with E-state index in [0.29, 0.717) is 17.6 Å². The Morgan fingerprint density at radius 2 is 2.04 bits per heavy atom. The molecule has 0 N–H and O–H groups in total. The van der Waals surface area contributed by atoms with E-state index in [1.54, 1.807) is 11.8 Å². The van der Waals surface area contributed by atoms with Gasteiger partial charge in [0.2, 0.25) is 11.8 Å². The summed E-state index contributed by atoms with van der Waals surface area (Å²) < 4.78 is 5.28. The Bertz CT molecular complexity index is 709. The van der Waals surface area contributed by atoms with E-state index in [1.165, 1.54) is 18.4 Å². The van der Waals surface area contributed by atoms with Crippen LogP contribution < -0.4 is 4.90 Å². The zero-order chi connectivity index (χ0) is 15.8. The van der Waals surface area contributed by atoms with E-state index in [0.717, 1.165) is 24.5 Å². The van der Waals surface area contributed by atoms with Crippen LogP contribution in [0.25, 0.3) is 0 Å². The Balaban J connectivity index is 1.36. The number of benzene rings is 1. The van der Waals surface area contributed by atoms with Crippen molar-refractivity contribution in [3.05, 3.63) is 41.5 Å². The van der Waals surface area contributed by atoms with Crippen LogP contribution in [0.3, 0.4) is 0 Å². The number of anilines is 1. The Morgan fingerprint density at radius 3 is 2.78 bits per heavy atom. The van der Waals surface area contributed by atoms with Crippen molar-refractivity contribution in [3.8, 4) is 0 Å². The number of rotatable bonds is 5. The first-order chi connectivity index (χ1) is 11.2. The Kier molecular flexibility index (Phi) is 3.85. The van der Waals surface area contributed by atoms with Crippen molar-refractivity contribution >= 4 is 23.4 Å². The minimum Gasteiger partial charge on any atom is -0.338 e. The predicted octanol–water partition coefficient (Wildman–Crippen LogP) is 3.29. The lowest BCUT2D eigenvalue weighted by Crippen LogP contribution is -2.28. The molecule has 2 heterocycles. The molecule has 120 valence electrons. The maximum atomic E-state index is 12.6. The first kappa shape index (κ1) is 14.8. The molecule has 1 aliphatic carbocycles. The van der Waals surface area contributed by atoms with Crippen LogP contribution in [0.5, 0.6) is 0 Å². The van der Waals surface area contributed by atoms with Crippen LogP contribution in [-0.4, -0.2) is 27.8 Å². The lowest BCUT2D eigenvalue weighted by molar-refractivity contribution is -0.116. The number of aryl methyl sites for hydroxylation is 1. The predicted molar refractivity (Wildman–Crippen MR) is 89.5 cm³/mol. The van der Waals surface area contributed by atoms with E-state index in [1.807, 2.05) is 29.2 Å². The summed E-state index contributed by atoms with van der Waals surface area (Å²) in [6, 6.07) is 8.11. The topological polar surface area (TPSA) is 59.2 Å². The molecule has 2 aliphatic rings. The summed E-state index contributed by atoms with van der Waals surface area (Å²) in [6.45, 7) is 2.82. The van der Waals surface area contributed by atoms with Gasteiger partial charge < -0.3 is 9.42 Å². The van der Waals surface area contributed by atoms with E-state index in [2.05, 4.69) is 17.1 Å². The van der Waals surface area contributed by atoms with Gasteiger partial charge in [0.25, 0.3) is 0 Å². The van der Waals surface area contributed by atoms with Crippen molar-refractivity contribution in [2.75, 3.05) is 11.4 Å². The van der Waals surface area contributed by atoms with E-state index < -0.39 is 0 Å². The third kappa shape index (κ3) is 3.13. The average Bonchev–Trinajstić information content (AvgIpc) is 3.19. The molecule has 1 saturated carbocycles. The Hall–Kier alpha value is -1.82. The maximum Gasteiger partial charge on any atom is 0.240 e. The lowest BCUT2D eigenvalue weighted by Gasteiger charge is -2.16. The number of aromatic nitrogens is 2. The minimum atomic E-state index is -0.0208. The molecule has 23 heavy (non-hydrogen) atoms. The minimum absolute atomic E-state index is 0.0208. The maximum absolute atomic E-state index is 12.6. The first-order valence-corrected chi connectivity index (χ1v) is 9.08. The Morgan fingerprint density at radius 1 is 1.26 bits per heavy atom. The number of hydrogen-bond donors (Lipinski definition) is 0. The molecular weight excluding hydrogens is 310 g/mol. The van der Waals surface area contributed by atoms with Gasteiger partial charge in [-0.05, 0) is 38.3 Å². The fraction of sp³-hybridized carbons (Fsp3) is 0.471. The molecule has 2 fully saturated rings. The van der Waals surface area contributed by atoms with E-state index in [4.69, 9.17) is 4.52 Å². The van der Waals surface area contributed by atoms with E-state index in [-0.39, 0.29) is 11.2 Å². The van der Waals surface area contributed by atoms with Gasteiger partial charge in [-0.25, -0.2) is 0 Å². The third-order valence-corrected chi connectivity index (χ3v) is 5.59. The normalized spacial score (nSPS) is 21.2. The van der Waals surface area contributed by atoms with Gasteiger partial charge in [0.05, 0.1) is 11.0 Å². The summed E-state index contributed by atoms with van der Waals surface area (Å²) in [5.41, 5.74) is 2.19. The van der Waals surface area contributed by atoms with Gasteiger partial charge in [0, 0.05) is 18.2 Å². The van der Waals surface area contributed by atoms with Crippen LogP contribution in [0.4, 0.5) is 5.69 Å². The molecular formula is C17H19N3O2S. The fourth-order valence-electron chi connectivity index (χ4n) is 2.80. The highest BCUT2D eigenvalue weighted by atomic mass is 32.2. The standard InChI is InChI=1S/C17H19N3O2S/c1-11-2-6-13(7-3-11)20-9-8-14(17(20)21)23-10-15-18-16(19-22-15)12-4-5-12/h2-3,6-7,12,14H,4-5,8-10H2,1H3/t14-/m0/s1. The zero-order valence-electron chi connectivity index (χ0n) is 13.1. The second-order valence-electron chi connectivity index (χ2n) is 6.23. The number of thioether (sulfide) groups is 1. The van der Waals surface area contributed by atoms with Crippen molar-refractivity contribution in [2.45, 2.75) is 43.1 Å². The van der Waals surface area contributed by atoms with Gasteiger partial charge in [0.1, 0.15) is 0 Å². The summed E-state index contributed by atoms with van der Waals surface area (Å²) in [7, 11) is 0. The van der Waals surface area contributed by atoms with E-state index in [9.17, 15) is 4.79 Å². The van der Waals surface area contributed by atoms with Crippen molar-refractivity contribution < 1.29 is 9.32 Å².